The third-order valence-corrected chi connectivity index (χ3v) is 6.40. The van der Waals surface area contributed by atoms with Gasteiger partial charge in [-0.2, -0.15) is 0 Å². The molecule has 3 nitrogen and oxygen atoms in total. The van der Waals surface area contributed by atoms with Crippen LogP contribution in [0.4, 0.5) is 0 Å². The summed E-state index contributed by atoms with van der Waals surface area (Å²) in [4.78, 5) is 0. The molecule has 0 aromatic heterocycles. The lowest BCUT2D eigenvalue weighted by molar-refractivity contribution is -0.199. The molecule has 0 aromatic rings. The molecule has 2 bridgehead atoms. The molecule has 5 rings (SSSR count). The Kier molecular flexibility index (Phi) is 3.26. The van der Waals surface area contributed by atoms with Crippen LogP contribution in [0.25, 0.3) is 0 Å². The number of nitrogens with one attached hydrogen (secondary N) is 1. The number of halogens is 1. The van der Waals surface area contributed by atoms with E-state index < -0.39 is 0 Å². The molecule has 5 heteroatoms. The summed E-state index contributed by atoms with van der Waals surface area (Å²) in [6.07, 6.45) is 5.33. The molecule has 0 spiro atoms. The van der Waals surface area contributed by atoms with Crippen molar-refractivity contribution in [3.63, 3.8) is 0 Å². The Morgan fingerprint density at radius 3 is 2.63 bits per heavy atom. The maximum Gasteiger partial charge on any atom is 0.475 e. The molecule has 0 aromatic carbocycles. The van der Waals surface area contributed by atoms with Crippen LogP contribution in [0.2, 0.25) is 0 Å². The smallest absolute Gasteiger partial charge is 0.404 e. The van der Waals surface area contributed by atoms with Crippen LogP contribution in [0.1, 0.15) is 46.5 Å². The molecule has 5 fully saturated rings. The molecule has 2 aliphatic heterocycles. The van der Waals surface area contributed by atoms with Crippen molar-refractivity contribution in [1.29, 1.82) is 0 Å². The molecular formula is C14H25BClNO2. The Morgan fingerprint density at radius 2 is 2.00 bits per heavy atom. The van der Waals surface area contributed by atoms with Gasteiger partial charge in [-0.1, -0.05) is 13.8 Å². The number of hydrogen-bond donors (Lipinski definition) is 1. The Hall–Kier alpha value is 0.235. The topological polar surface area (TPSA) is 30.5 Å². The van der Waals surface area contributed by atoms with Gasteiger partial charge in [0.15, 0.2) is 0 Å². The van der Waals surface area contributed by atoms with Gasteiger partial charge in [0.05, 0.1) is 11.7 Å². The fourth-order valence-corrected chi connectivity index (χ4v) is 5.01. The highest BCUT2D eigenvalue weighted by Gasteiger charge is 2.68. The fourth-order valence-electron chi connectivity index (χ4n) is 5.01. The minimum Gasteiger partial charge on any atom is -0.404 e. The van der Waals surface area contributed by atoms with Crippen molar-refractivity contribution in [3.8, 4) is 0 Å². The Labute approximate surface area is 122 Å². The van der Waals surface area contributed by atoms with Crippen LogP contribution < -0.4 is 5.32 Å². The highest BCUT2D eigenvalue weighted by molar-refractivity contribution is 6.47. The van der Waals surface area contributed by atoms with Gasteiger partial charge in [0, 0.05) is 5.94 Å². The molecule has 0 radical (unpaired) electrons. The van der Waals surface area contributed by atoms with E-state index in [9.17, 15) is 0 Å². The lowest BCUT2D eigenvalue weighted by atomic mass is 9.43. The van der Waals surface area contributed by atoms with E-state index in [-0.39, 0.29) is 25.1 Å². The van der Waals surface area contributed by atoms with Crippen LogP contribution in [-0.2, 0) is 9.31 Å². The van der Waals surface area contributed by atoms with Crippen molar-refractivity contribution >= 4 is 19.5 Å². The van der Waals surface area contributed by atoms with Gasteiger partial charge in [-0.3, -0.25) is 0 Å². The average Bonchev–Trinajstić information content (AvgIpc) is 2.92. The van der Waals surface area contributed by atoms with Gasteiger partial charge < -0.3 is 14.6 Å². The van der Waals surface area contributed by atoms with Gasteiger partial charge in [-0.25, -0.2) is 0 Å². The van der Waals surface area contributed by atoms with Crippen LogP contribution >= 0.6 is 12.4 Å². The molecule has 0 amide bonds. The van der Waals surface area contributed by atoms with E-state index >= 15 is 0 Å². The zero-order valence-corrected chi connectivity index (χ0v) is 13.0. The maximum absolute atomic E-state index is 6.44. The van der Waals surface area contributed by atoms with Crippen molar-refractivity contribution in [3.05, 3.63) is 0 Å². The third-order valence-electron chi connectivity index (χ3n) is 6.40. The second-order valence-corrected chi connectivity index (χ2v) is 7.54. The molecule has 2 heterocycles. The molecular weight excluding hydrogens is 260 g/mol. The van der Waals surface area contributed by atoms with Crippen molar-refractivity contribution in [2.24, 2.45) is 17.3 Å². The van der Waals surface area contributed by atoms with Gasteiger partial charge in [0.25, 0.3) is 0 Å². The van der Waals surface area contributed by atoms with Crippen molar-refractivity contribution in [2.45, 2.75) is 64.1 Å². The molecule has 2 saturated heterocycles. The Bertz CT molecular complexity index is 374. The maximum atomic E-state index is 6.44. The van der Waals surface area contributed by atoms with E-state index in [0.29, 0.717) is 23.4 Å². The molecule has 19 heavy (non-hydrogen) atoms. The summed E-state index contributed by atoms with van der Waals surface area (Å²) >= 11 is 0. The highest BCUT2D eigenvalue weighted by Crippen LogP contribution is 2.65. The summed E-state index contributed by atoms with van der Waals surface area (Å²) in [6.45, 7) is 8.25. The van der Waals surface area contributed by atoms with Crippen LogP contribution in [0, 0.1) is 17.3 Å². The first kappa shape index (κ1) is 14.2. The minimum absolute atomic E-state index is 0. The monoisotopic (exact) mass is 285 g/mol. The van der Waals surface area contributed by atoms with Crippen molar-refractivity contribution < 1.29 is 9.31 Å². The van der Waals surface area contributed by atoms with E-state index in [1.54, 1.807) is 0 Å². The van der Waals surface area contributed by atoms with E-state index in [4.69, 9.17) is 9.31 Å². The van der Waals surface area contributed by atoms with Gasteiger partial charge in [-0.05, 0) is 56.4 Å². The Morgan fingerprint density at radius 1 is 1.21 bits per heavy atom. The minimum atomic E-state index is -0.0345. The molecule has 1 N–H and O–H groups in total. The van der Waals surface area contributed by atoms with Crippen LogP contribution in [0.5, 0.6) is 0 Å². The molecule has 3 saturated carbocycles. The lowest BCUT2D eigenvalue weighted by Gasteiger charge is -2.64. The quantitative estimate of drug-likeness (QED) is 0.751. The third kappa shape index (κ3) is 1.76. The van der Waals surface area contributed by atoms with Gasteiger partial charge in [0.1, 0.15) is 0 Å². The van der Waals surface area contributed by atoms with E-state index in [1.165, 1.54) is 25.7 Å². The predicted molar refractivity (Wildman–Crippen MR) is 78.4 cm³/mol. The fraction of sp³-hybridized carbons (Fsp3) is 1.00. The second kappa shape index (κ2) is 4.36. The first-order chi connectivity index (χ1) is 8.52. The van der Waals surface area contributed by atoms with Crippen LogP contribution in [0.15, 0.2) is 0 Å². The van der Waals surface area contributed by atoms with Crippen molar-refractivity contribution in [1.82, 2.24) is 5.32 Å². The molecule has 5 atom stereocenters. The first-order valence-electron chi connectivity index (χ1n) is 7.58. The molecule has 0 unspecified atom stereocenters. The van der Waals surface area contributed by atoms with Gasteiger partial charge in [-0.15, -0.1) is 12.4 Å². The molecule has 5 aliphatic rings. The van der Waals surface area contributed by atoms with Crippen LogP contribution in [0.3, 0.4) is 0 Å². The summed E-state index contributed by atoms with van der Waals surface area (Å²) in [5.41, 5.74) is 0.416. The molecule has 3 aliphatic carbocycles. The normalized spacial score (nSPS) is 50.4. The Balaban J connectivity index is 0.00000110. The lowest BCUT2D eigenvalue weighted by Crippen LogP contribution is -2.65. The predicted octanol–water partition coefficient (Wildman–Crippen LogP) is 2.43. The van der Waals surface area contributed by atoms with Crippen LogP contribution in [-0.4, -0.2) is 31.3 Å². The highest BCUT2D eigenvalue weighted by atomic mass is 35.5. The van der Waals surface area contributed by atoms with E-state index in [1.807, 2.05) is 0 Å². The van der Waals surface area contributed by atoms with Gasteiger partial charge in [0.2, 0.25) is 0 Å². The number of rotatable bonds is 1. The summed E-state index contributed by atoms with van der Waals surface area (Å²) < 4.78 is 12.7. The van der Waals surface area contributed by atoms with Crippen molar-refractivity contribution in [2.75, 3.05) is 6.54 Å². The average molecular weight is 286 g/mol. The summed E-state index contributed by atoms with van der Waals surface area (Å²) in [7, 11) is -0.00218. The SMILES string of the molecule is CC1(C)[C@H]2C[C@H]1[C@]1(C)OB([C@@H]3CCCN3)O[C@@H]1C2.Cl. The summed E-state index contributed by atoms with van der Waals surface area (Å²) in [5.74, 6) is 1.95. The van der Waals surface area contributed by atoms with Gasteiger partial charge >= 0.3 is 7.12 Å². The largest absolute Gasteiger partial charge is 0.475 e. The summed E-state index contributed by atoms with van der Waals surface area (Å²) in [5, 5.41) is 3.52. The second-order valence-electron chi connectivity index (χ2n) is 7.54. The first-order valence-corrected chi connectivity index (χ1v) is 7.58. The zero-order chi connectivity index (χ0) is 12.5. The molecule has 108 valence electrons. The zero-order valence-electron chi connectivity index (χ0n) is 12.1. The standard InChI is InChI=1S/C14H24BNO2.ClH/c1-13(2)9-7-10(13)14(3)11(8-9)17-15(18-14)12-5-4-6-16-12;/h9-12,16H,4-8H2,1-3H3;1H/t9-,10+,11+,12-,14-;/m0./s1. The van der Waals surface area contributed by atoms with E-state index in [0.717, 1.165) is 12.5 Å². The summed E-state index contributed by atoms with van der Waals surface area (Å²) in [6, 6.07) is 0. The number of hydrogen-bond acceptors (Lipinski definition) is 3. The van der Waals surface area contributed by atoms with E-state index in [2.05, 4.69) is 26.1 Å².